The highest BCUT2D eigenvalue weighted by molar-refractivity contribution is 5.56. The van der Waals surface area contributed by atoms with Gasteiger partial charge in [0.1, 0.15) is 11.6 Å². The van der Waals surface area contributed by atoms with Crippen molar-refractivity contribution >= 4 is 0 Å². The van der Waals surface area contributed by atoms with Gasteiger partial charge in [0.2, 0.25) is 0 Å². The topological polar surface area (TPSA) is 55.9 Å². The first kappa shape index (κ1) is 14.3. The van der Waals surface area contributed by atoms with E-state index in [2.05, 4.69) is 14.6 Å². The molecular formula is C19H16N4O. The standard InChI is InChI=1S/C19H16N4O/c24-18-8-6-16(7-9-18)19-20-10-11-22(19)13-15-12-21-23(14-15)17-4-2-1-3-5-17/h1-12,14,24H,13H2. The van der Waals surface area contributed by atoms with Crippen LogP contribution in [0.15, 0.2) is 79.4 Å². The van der Waals surface area contributed by atoms with Crippen molar-refractivity contribution in [2.75, 3.05) is 0 Å². The van der Waals surface area contributed by atoms with E-state index in [1.165, 1.54) is 0 Å². The quantitative estimate of drug-likeness (QED) is 0.627. The minimum atomic E-state index is 0.251. The van der Waals surface area contributed by atoms with Crippen LogP contribution in [0.4, 0.5) is 0 Å². The molecule has 0 radical (unpaired) electrons. The van der Waals surface area contributed by atoms with Crippen molar-refractivity contribution in [2.24, 2.45) is 0 Å². The van der Waals surface area contributed by atoms with Crippen LogP contribution >= 0.6 is 0 Å². The van der Waals surface area contributed by atoms with Crippen molar-refractivity contribution < 1.29 is 5.11 Å². The number of aromatic hydroxyl groups is 1. The average Bonchev–Trinajstić information content (AvgIpc) is 3.27. The maximum Gasteiger partial charge on any atom is 0.140 e. The Bertz CT molecular complexity index is 939. The Labute approximate surface area is 139 Å². The minimum absolute atomic E-state index is 0.251. The zero-order chi connectivity index (χ0) is 16.4. The van der Waals surface area contributed by atoms with E-state index in [-0.39, 0.29) is 5.75 Å². The lowest BCUT2D eigenvalue weighted by atomic mass is 10.2. The molecule has 2 aromatic heterocycles. The van der Waals surface area contributed by atoms with Gasteiger partial charge in [0.05, 0.1) is 18.4 Å². The smallest absolute Gasteiger partial charge is 0.140 e. The van der Waals surface area contributed by atoms with E-state index < -0.39 is 0 Å². The van der Waals surface area contributed by atoms with Crippen LogP contribution in [0.5, 0.6) is 5.75 Å². The molecule has 2 aromatic carbocycles. The molecule has 24 heavy (non-hydrogen) atoms. The monoisotopic (exact) mass is 316 g/mol. The van der Waals surface area contributed by atoms with Gasteiger partial charge in [-0.2, -0.15) is 5.10 Å². The van der Waals surface area contributed by atoms with Gasteiger partial charge >= 0.3 is 0 Å². The van der Waals surface area contributed by atoms with Crippen molar-refractivity contribution in [1.82, 2.24) is 19.3 Å². The lowest BCUT2D eigenvalue weighted by Gasteiger charge is -2.06. The van der Waals surface area contributed by atoms with Crippen LogP contribution in [-0.4, -0.2) is 24.4 Å². The van der Waals surface area contributed by atoms with E-state index in [1.54, 1.807) is 18.3 Å². The first-order chi connectivity index (χ1) is 11.8. The lowest BCUT2D eigenvalue weighted by molar-refractivity contribution is 0.475. The second-order valence-electron chi connectivity index (χ2n) is 5.55. The molecule has 0 amide bonds. The summed E-state index contributed by atoms with van der Waals surface area (Å²) in [5, 5.41) is 13.9. The molecule has 4 aromatic rings. The van der Waals surface area contributed by atoms with Gasteiger partial charge < -0.3 is 9.67 Å². The molecule has 118 valence electrons. The van der Waals surface area contributed by atoms with Gasteiger partial charge in [0.15, 0.2) is 0 Å². The van der Waals surface area contributed by atoms with E-state index in [0.29, 0.717) is 6.54 Å². The molecule has 2 heterocycles. The molecule has 0 saturated heterocycles. The summed E-state index contributed by atoms with van der Waals surface area (Å²) in [5.74, 6) is 1.11. The molecule has 0 fully saturated rings. The second kappa shape index (κ2) is 6.04. The van der Waals surface area contributed by atoms with E-state index in [1.807, 2.05) is 65.7 Å². The predicted molar refractivity (Wildman–Crippen MR) is 92.0 cm³/mol. The predicted octanol–water partition coefficient (Wildman–Crippen LogP) is 3.49. The second-order valence-corrected chi connectivity index (χ2v) is 5.55. The van der Waals surface area contributed by atoms with Crippen LogP contribution < -0.4 is 0 Å². The molecule has 0 aliphatic carbocycles. The zero-order valence-electron chi connectivity index (χ0n) is 12.9. The zero-order valence-corrected chi connectivity index (χ0v) is 12.9. The molecule has 4 rings (SSSR count). The van der Waals surface area contributed by atoms with Crippen LogP contribution in [0.25, 0.3) is 17.1 Å². The van der Waals surface area contributed by atoms with E-state index in [0.717, 1.165) is 22.6 Å². The van der Waals surface area contributed by atoms with Crippen LogP contribution in [0.2, 0.25) is 0 Å². The summed E-state index contributed by atoms with van der Waals surface area (Å²) in [6.45, 7) is 0.684. The fraction of sp³-hybridized carbons (Fsp3) is 0.0526. The molecule has 0 spiro atoms. The van der Waals surface area contributed by atoms with Crippen LogP contribution in [0.3, 0.4) is 0 Å². The summed E-state index contributed by atoms with van der Waals surface area (Å²) in [6, 6.07) is 17.1. The van der Waals surface area contributed by atoms with Crippen molar-refractivity contribution in [3.05, 3.63) is 84.9 Å². The Morgan fingerprint density at radius 2 is 1.75 bits per heavy atom. The highest BCUT2D eigenvalue weighted by Gasteiger charge is 2.08. The van der Waals surface area contributed by atoms with Gasteiger partial charge in [0.25, 0.3) is 0 Å². The van der Waals surface area contributed by atoms with Gasteiger partial charge in [-0.3, -0.25) is 0 Å². The average molecular weight is 316 g/mol. The summed E-state index contributed by atoms with van der Waals surface area (Å²) in [7, 11) is 0. The number of phenols is 1. The molecule has 5 heteroatoms. The fourth-order valence-electron chi connectivity index (χ4n) is 2.67. The van der Waals surface area contributed by atoms with Gasteiger partial charge in [-0.05, 0) is 36.4 Å². The van der Waals surface area contributed by atoms with Crippen LogP contribution in [0, 0.1) is 0 Å². The number of phenolic OH excluding ortho intramolecular Hbond substituents is 1. The number of imidazole rings is 1. The van der Waals surface area contributed by atoms with Crippen molar-refractivity contribution in [3.8, 4) is 22.8 Å². The van der Waals surface area contributed by atoms with Crippen molar-refractivity contribution in [1.29, 1.82) is 0 Å². The molecule has 0 aliphatic rings. The number of para-hydroxylation sites is 1. The molecule has 0 atom stereocenters. The first-order valence-electron chi connectivity index (χ1n) is 7.69. The third kappa shape index (κ3) is 2.79. The third-order valence-electron chi connectivity index (χ3n) is 3.85. The number of benzene rings is 2. The highest BCUT2D eigenvalue weighted by Crippen LogP contribution is 2.21. The number of aromatic nitrogens is 4. The Morgan fingerprint density at radius 1 is 0.958 bits per heavy atom. The molecule has 0 saturated carbocycles. The number of rotatable bonds is 4. The van der Waals surface area contributed by atoms with Gasteiger partial charge in [0, 0.05) is 29.7 Å². The first-order valence-corrected chi connectivity index (χ1v) is 7.69. The Morgan fingerprint density at radius 3 is 2.54 bits per heavy atom. The summed E-state index contributed by atoms with van der Waals surface area (Å²) >= 11 is 0. The van der Waals surface area contributed by atoms with Crippen LogP contribution in [0.1, 0.15) is 5.56 Å². The Kier molecular flexibility index (Phi) is 3.59. The number of nitrogens with zero attached hydrogens (tertiary/aromatic N) is 4. The molecule has 0 bridgehead atoms. The molecular weight excluding hydrogens is 300 g/mol. The van der Waals surface area contributed by atoms with Crippen LogP contribution in [-0.2, 0) is 6.54 Å². The third-order valence-corrected chi connectivity index (χ3v) is 3.85. The van der Waals surface area contributed by atoms with E-state index >= 15 is 0 Å². The fourth-order valence-corrected chi connectivity index (χ4v) is 2.67. The Balaban J connectivity index is 1.60. The van der Waals surface area contributed by atoms with Gasteiger partial charge in [-0.15, -0.1) is 0 Å². The largest absolute Gasteiger partial charge is 0.508 e. The molecule has 5 nitrogen and oxygen atoms in total. The summed E-state index contributed by atoms with van der Waals surface area (Å²) in [5.41, 5.74) is 3.10. The van der Waals surface area contributed by atoms with Crippen molar-refractivity contribution in [2.45, 2.75) is 6.54 Å². The maximum absolute atomic E-state index is 9.43. The minimum Gasteiger partial charge on any atom is -0.508 e. The van der Waals surface area contributed by atoms with E-state index in [9.17, 15) is 5.11 Å². The summed E-state index contributed by atoms with van der Waals surface area (Å²) in [6.07, 6.45) is 7.62. The maximum atomic E-state index is 9.43. The summed E-state index contributed by atoms with van der Waals surface area (Å²) < 4.78 is 3.94. The van der Waals surface area contributed by atoms with Gasteiger partial charge in [-0.25, -0.2) is 9.67 Å². The summed E-state index contributed by atoms with van der Waals surface area (Å²) in [4.78, 5) is 4.43. The SMILES string of the molecule is Oc1ccc(-c2nccn2Cc2cnn(-c3ccccc3)c2)cc1. The normalized spacial score (nSPS) is 10.8. The molecule has 0 aliphatic heterocycles. The molecule has 0 unspecified atom stereocenters. The lowest BCUT2D eigenvalue weighted by Crippen LogP contribution is -2.00. The van der Waals surface area contributed by atoms with Gasteiger partial charge in [-0.1, -0.05) is 18.2 Å². The Hall–Kier alpha value is -3.34. The van der Waals surface area contributed by atoms with E-state index in [4.69, 9.17) is 0 Å². The number of hydrogen-bond acceptors (Lipinski definition) is 3. The highest BCUT2D eigenvalue weighted by atomic mass is 16.3. The number of hydrogen-bond donors (Lipinski definition) is 1. The molecule has 1 N–H and O–H groups in total. The van der Waals surface area contributed by atoms with Crippen molar-refractivity contribution in [3.63, 3.8) is 0 Å².